The summed E-state index contributed by atoms with van der Waals surface area (Å²) in [6.45, 7) is 5.70. The number of epoxide rings is 1. The van der Waals surface area contributed by atoms with Crippen molar-refractivity contribution in [2.45, 2.75) is 82.4 Å². The summed E-state index contributed by atoms with van der Waals surface area (Å²) in [5.41, 5.74) is -0.583. The lowest BCUT2D eigenvalue weighted by atomic mass is 9.73. The van der Waals surface area contributed by atoms with Crippen molar-refractivity contribution >= 4 is 12.1 Å². The summed E-state index contributed by atoms with van der Waals surface area (Å²) >= 11 is 0. The molecule has 2 fully saturated rings. The number of hydrogen-bond donors (Lipinski definition) is 1. The second-order valence-corrected chi connectivity index (χ2v) is 7.15. The quantitative estimate of drug-likeness (QED) is 0.475. The second-order valence-electron chi connectivity index (χ2n) is 7.15. The van der Waals surface area contributed by atoms with E-state index in [2.05, 4.69) is 6.92 Å². The summed E-state index contributed by atoms with van der Waals surface area (Å²) in [6.07, 6.45) is 2.84. The van der Waals surface area contributed by atoms with Gasteiger partial charge >= 0.3 is 0 Å². The van der Waals surface area contributed by atoms with Crippen molar-refractivity contribution in [1.29, 1.82) is 0 Å². The Hall–Kier alpha value is -1.04. The van der Waals surface area contributed by atoms with E-state index in [9.17, 15) is 14.7 Å². The van der Waals surface area contributed by atoms with Crippen LogP contribution in [0.25, 0.3) is 0 Å². The molecule has 0 bridgehead atoms. The van der Waals surface area contributed by atoms with Gasteiger partial charge in [0.2, 0.25) is 0 Å². The van der Waals surface area contributed by atoms with Crippen LogP contribution in [0, 0.1) is 0 Å². The van der Waals surface area contributed by atoms with Gasteiger partial charge in [-0.25, -0.2) is 0 Å². The van der Waals surface area contributed by atoms with Crippen molar-refractivity contribution in [2.24, 2.45) is 0 Å². The molecule has 3 aliphatic rings. The molecule has 4 atom stereocenters. The molecule has 1 N–H and O–H groups in total. The smallest absolute Gasteiger partial charge is 0.191 e. The number of aliphatic hydroxyl groups excluding tert-OH is 1. The van der Waals surface area contributed by atoms with Crippen molar-refractivity contribution in [1.82, 2.24) is 0 Å². The number of ether oxygens (including phenoxy) is 2. The van der Waals surface area contributed by atoms with E-state index in [1.54, 1.807) is 13.8 Å². The third-order valence-electron chi connectivity index (χ3n) is 5.23. The van der Waals surface area contributed by atoms with Gasteiger partial charge in [0.25, 0.3) is 0 Å². The van der Waals surface area contributed by atoms with Crippen LogP contribution in [0.5, 0.6) is 0 Å². The minimum atomic E-state index is -0.823. The number of carbonyl (C=O) groups is 2. The van der Waals surface area contributed by atoms with E-state index in [4.69, 9.17) is 9.47 Å². The number of Topliss-reactive ketones (excluding diaryl/α,β-unsaturated/α-hetero) is 1. The van der Waals surface area contributed by atoms with Gasteiger partial charge in [-0.15, -0.1) is 0 Å². The standard InChI is InChI=1S/C17H24O5/c1-4-5-6-7-10-11(9-18)14-17(15(22-17)13(10)20)8-12(19)16(2,3)21-14/h9,12,14-15,19H,4-8H2,1-3H3/t12-,14-,15-,17?/m1/s1. The van der Waals surface area contributed by atoms with Crippen LogP contribution >= 0.6 is 0 Å². The maximum absolute atomic E-state index is 12.6. The van der Waals surface area contributed by atoms with Gasteiger partial charge in [-0.05, 0) is 26.7 Å². The summed E-state index contributed by atoms with van der Waals surface area (Å²) in [6, 6.07) is 0. The Labute approximate surface area is 130 Å². The largest absolute Gasteiger partial charge is 0.390 e. The molecule has 0 radical (unpaired) electrons. The zero-order chi connectivity index (χ0) is 16.1. The fourth-order valence-electron chi connectivity index (χ4n) is 3.69. The molecule has 5 nitrogen and oxygen atoms in total. The molecule has 3 rings (SSSR count). The molecule has 2 aliphatic heterocycles. The molecule has 0 aromatic heterocycles. The van der Waals surface area contributed by atoms with E-state index >= 15 is 0 Å². The number of hydrogen-bond acceptors (Lipinski definition) is 5. The molecule has 2 saturated heterocycles. The predicted octanol–water partition coefficient (Wildman–Crippen LogP) is 1.71. The Morgan fingerprint density at radius 2 is 2.00 bits per heavy atom. The van der Waals surface area contributed by atoms with E-state index in [1.165, 1.54) is 0 Å². The Morgan fingerprint density at radius 3 is 2.64 bits per heavy atom. The highest BCUT2D eigenvalue weighted by atomic mass is 16.7. The number of aldehydes is 1. The first kappa shape index (κ1) is 15.8. The minimum Gasteiger partial charge on any atom is -0.390 e. The topological polar surface area (TPSA) is 76.1 Å². The van der Waals surface area contributed by atoms with Crippen LogP contribution in [0.1, 0.15) is 52.9 Å². The van der Waals surface area contributed by atoms with Gasteiger partial charge in [-0.1, -0.05) is 19.8 Å². The third kappa shape index (κ3) is 2.18. The van der Waals surface area contributed by atoms with Crippen LogP contribution in [0.2, 0.25) is 0 Å². The lowest BCUT2D eigenvalue weighted by Gasteiger charge is -2.45. The molecule has 1 aliphatic carbocycles. The van der Waals surface area contributed by atoms with Gasteiger partial charge in [0, 0.05) is 17.6 Å². The molecule has 1 unspecified atom stereocenters. The average molecular weight is 308 g/mol. The van der Waals surface area contributed by atoms with Crippen LogP contribution in [-0.2, 0) is 19.1 Å². The van der Waals surface area contributed by atoms with Gasteiger partial charge in [0.15, 0.2) is 11.9 Å². The zero-order valence-corrected chi connectivity index (χ0v) is 13.4. The Bertz CT molecular complexity index is 535. The SMILES string of the molecule is CCCCCC1=C(C=O)[C@H]2OC(C)(C)[C@H](O)CC23O[C@@H]3C1=O. The minimum absolute atomic E-state index is 0.0926. The van der Waals surface area contributed by atoms with Crippen molar-refractivity contribution in [3.8, 4) is 0 Å². The van der Waals surface area contributed by atoms with Gasteiger partial charge in [0.05, 0.1) is 11.7 Å². The number of carbonyl (C=O) groups excluding carboxylic acids is 2. The molecular weight excluding hydrogens is 284 g/mol. The molecular formula is C17H24O5. The van der Waals surface area contributed by atoms with Crippen molar-refractivity contribution in [2.75, 3.05) is 0 Å². The molecule has 0 amide bonds. The predicted molar refractivity (Wildman–Crippen MR) is 79.4 cm³/mol. The zero-order valence-electron chi connectivity index (χ0n) is 13.4. The molecule has 1 spiro atoms. The highest BCUT2D eigenvalue weighted by molar-refractivity contribution is 6.08. The number of unbranched alkanes of at least 4 members (excludes halogenated alkanes) is 2. The van der Waals surface area contributed by atoms with Gasteiger partial charge < -0.3 is 14.6 Å². The molecule has 2 heterocycles. The van der Waals surface area contributed by atoms with Crippen molar-refractivity contribution in [3.05, 3.63) is 11.1 Å². The Kier molecular flexibility index (Phi) is 3.78. The lowest BCUT2D eigenvalue weighted by molar-refractivity contribution is -0.188. The van der Waals surface area contributed by atoms with E-state index in [-0.39, 0.29) is 5.78 Å². The fourth-order valence-corrected chi connectivity index (χ4v) is 3.69. The molecule has 0 saturated carbocycles. The molecule has 0 aromatic rings. The maximum atomic E-state index is 12.6. The first-order chi connectivity index (χ1) is 10.4. The lowest BCUT2D eigenvalue weighted by Crippen LogP contribution is -2.58. The first-order valence-corrected chi connectivity index (χ1v) is 8.13. The van der Waals surface area contributed by atoms with Crippen molar-refractivity contribution < 1.29 is 24.2 Å². The summed E-state index contributed by atoms with van der Waals surface area (Å²) in [4.78, 5) is 24.2. The Morgan fingerprint density at radius 1 is 1.27 bits per heavy atom. The van der Waals surface area contributed by atoms with Crippen molar-refractivity contribution in [3.63, 3.8) is 0 Å². The number of ketones is 1. The van der Waals surface area contributed by atoms with Crippen LogP contribution in [0.3, 0.4) is 0 Å². The highest BCUT2D eigenvalue weighted by Gasteiger charge is 2.73. The Balaban J connectivity index is 1.94. The molecule has 22 heavy (non-hydrogen) atoms. The van der Waals surface area contributed by atoms with Gasteiger partial charge in [-0.3, -0.25) is 9.59 Å². The van der Waals surface area contributed by atoms with Crippen LogP contribution < -0.4 is 0 Å². The highest BCUT2D eigenvalue weighted by Crippen LogP contribution is 2.56. The van der Waals surface area contributed by atoms with Gasteiger partial charge in [0.1, 0.15) is 18.0 Å². The van der Waals surface area contributed by atoms with E-state index in [1.807, 2.05) is 0 Å². The molecule has 0 aromatic carbocycles. The van der Waals surface area contributed by atoms with Crippen LogP contribution in [0.4, 0.5) is 0 Å². The van der Waals surface area contributed by atoms with Crippen LogP contribution in [0.15, 0.2) is 11.1 Å². The van der Waals surface area contributed by atoms with E-state index < -0.39 is 29.5 Å². The third-order valence-corrected chi connectivity index (χ3v) is 5.23. The normalized spacial score (nSPS) is 39.3. The van der Waals surface area contributed by atoms with E-state index in [0.717, 1.165) is 25.5 Å². The summed E-state index contributed by atoms with van der Waals surface area (Å²) in [7, 11) is 0. The van der Waals surface area contributed by atoms with E-state index in [0.29, 0.717) is 24.0 Å². The number of rotatable bonds is 5. The monoisotopic (exact) mass is 308 g/mol. The molecule has 5 heteroatoms. The summed E-state index contributed by atoms with van der Waals surface area (Å²) in [5.74, 6) is -0.0926. The second kappa shape index (κ2) is 5.25. The summed E-state index contributed by atoms with van der Waals surface area (Å²) in [5, 5.41) is 10.2. The summed E-state index contributed by atoms with van der Waals surface area (Å²) < 4.78 is 11.7. The molecule has 122 valence electrons. The van der Waals surface area contributed by atoms with Gasteiger partial charge in [-0.2, -0.15) is 0 Å². The average Bonchev–Trinajstić information content (AvgIpc) is 3.18. The fraction of sp³-hybridized carbons (Fsp3) is 0.765. The maximum Gasteiger partial charge on any atom is 0.191 e. The van der Waals surface area contributed by atoms with Crippen LogP contribution in [-0.4, -0.2) is 46.7 Å². The first-order valence-electron chi connectivity index (χ1n) is 8.13. The number of aliphatic hydroxyl groups is 1.